The van der Waals surface area contributed by atoms with Gasteiger partial charge in [-0.1, -0.05) is 11.6 Å². The fourth-order valence-corrected chi connectivity index (χ4v) is 9.47. The minimum atomic E-state index is -1.15. The highest BCUT2D eigenvalue weighted by molar-refractivity contribution is 6.30. The summed E-state index contributed by atoms with van der Waals surface area (Å²) < 4.78 is 5.41. The second-order valence-corrected chi connectivity index (χ2v) is 13.6. The molecule has 9 atom stereocenters. The van der Waals surface area contributed by atoms with Gasteiger partial charge in [0.1, 0.15) is 6.04 Å². The summed E-state index contributed by atoms with van der Waals surface area (Å²) >= 11 is 5.90. The van der Waals surface area contributed by atoms with E-state index in [1.54, 1.807) is 24.3 Å². The summed E-state index contributed by atoms with van der Waals surface area (Å²) in [5.74, 6) is -2.08. The molecule has 4 aliphatic carbocycles. The van der Waals surface area contributed by atoms with Crippen molar-refractivity contribution in [2.75, 3.05) is 13.2 Å². The first-order valence-electron chi connectivity index (χ1n) is 15.4. The van der Waals surface area contributed by atoms with Gasteiger partial charge in [0.25, 0.3) is 0 Å². The van der Waals surface area contributed by atoms with Gasteiger partial charge in [-0.2, -0.15) is 0 Å². The van der Waals surface area contributed by atoms with Gasteiger partial charge in [-0.15, -0.1) is 0 Å². The van der Waals surface area contributed by atoms with Gasteiger partial charge in [-0.25, -0.2) is 4.79 Å². The highest BCUT2D eigenvalue weighted by atomic mass is 35.5. The van der Waals surface area contributed by atoms with Gasteiger partial charge in [0.05, 0.1) is 23.7 Å². The van der Waals surface area contributed by atoms with Gasteiger partial charge in [-0.3, -0.25) is 33.8 Å². The molecule has 9 nitrogen and oxygen atoms in total. The molecule has 1 aromatic rings. The number of amides is 4. The molecule has 222 valence electrons. The summed E-state index contributed by atoms with van der Waals surface area (Å²) in [4.78, 5) is 81.8. The lowest BCUT2D eigenvalue weighted by Gasteiger charge is -2.26. The van der Waals surface area contributed by atoms with E-state index in [0.29, 0.717) is 35.3 Å². The third kappa shape index (κ3) is 4.33. The summed E-state index contributed by atoms with van der Waals surface area (Å²) in [6.45, 7) is -0.259. The first-order chi connectivity index (χ1) is 20.2. The van der Waals surface area contributed by atoms with Gasteiger partial charge >= 0.3 is 5.97 Å². The van der Waals surface area contributed by atoms with Crippen LogP contribution in [-0.2, 0) is 28.7 Å². The molecule has 1 aromatic carbocycles. The van der Waals surface area contributed by atoms with Crippen LogP contribution < -0.4 is 0 Å². The number of imide groups is 2. The van der Waals surface area contributed by atoms with Crippen LogP contribution in [-0.4, -0.2) is 64.4 Å². The lowest BCUT2D eigenvalue weighted by Crippen LogP contribution is -2.47. The Bertz CT molecular complexity index is 1300. The van der Waals surface area contributed by atoms with Crippen LogP contribution in [0.3, 0.4) is 0 Å². The molecule has 4 amide bonds. The molecule has 0 N–H and O–H groups in total. The zero-order chi connectivity index (χ0) is 29.3. The molecule has 0 spiro atoms. The van der Waals surface area contributed by atoms with Crippen molar-refractivity contribution in [3.63, 3.8) is 0 Å². The molecule has 2 aliphatic heterocycles. The number of hydrogen-bond acceptors (Lipinski definition) is 7. The van der Waals surface area contributed by atoms with E-state index in [-0.39, 0.29) is 72.1 Å². The number of rotatable bonds is 10. The Balaban J connectivity index is 1.02. The first kappa shape index (κ1) is 27.7. The van der Waals surface area contributed by atoms with Crippen molar-refractivity contribution >= 4 is 47.0 Å². The number of fused-ring (bicyclic) bond motifs is 10. The van der Waals surface area contributed by atoms with E-state index in [9.17, 15) is 28.8 Å². The van der Waals surface area contributed by atoms with E-state index in [1.165, 1.54) is 4.90 Å². The first-order valence-corrected chi connectivity index (χ1v) is 15.8. The van der Waals surface area contributed by atoms with E-state index in [0.717, 1.165) is 43.4 Å². The molecule has 6 fully saturated rings. The zero-order valence-electron chi connectivity index (χ0n) is 23.4. The lowest BCUT2D eigenvalue weighted by molar-refractivity contribution is -0.159. The molecular weight excluding hydrogens is 560 g/mol. The van der Waals surface area contributed by atoms with Crippen molar-refractivity contribution < 1.29 is 33.5 Å². The highest BCUT2D eigenvalue weighted by Gasteiger charge is 2.63. The number of unbranched alkanes of at least 4 members (excludes halogenated alkanes) is 1. The number of benzene rings is 1. The number of nitrogens with zero attached hydrogens (tertiary/aromatic N) is 2. The third-order valence-corrected chi connectivity index (χ3v) is 11.4. The van der Waals surface area contributed by atoms with Crippen LogP contribution in [0.4, 0.5) is 0 Å². The fourth-order valence-electron chi connectivity index (χ4n) is 9.34. The van der Waals surface area contributed by atoms with E-state index >= 15 is 0 Å². The molecule has 4 bridgehead atoms. The number of ketones is 1. The van der Waals surface area contributed by atoms with Gasteiger partial charge in [0, 0.05) is 17.1 Å². The molecule has 2 heterocycles. The summed E-state index contributed by atoms with van der Waals surface area (Å²) in [7, 11) is 0. The van der Waals surface area contributed by atoms with Crippen LogP contribution in [0.25, 0.3) is 0 Å². The van der Waals surface area contributed by atoms with E-state index < -0.39 is 24.4 Å². The number of hydrogen-bond donors (Lipinski definition) is 0. The van der Waals surface area contributed by atoms with Crippen molar-refractivity contribution in [3.05, 3.63) is 34.9 Å². The van der Waals surface area contributed by atoms with Gasteiger partial charge in [0.2, 0.25) is 23.6 Å². The summed E-state index contributed by atoms with van der Waals surface area (Å²) in [6.07, 6.45) is 6.75. The molecular formula is C32H35ClN2O7. The van der Waals surface area contributed by atoms with Crippen molar-refractivity contribution in [2.45, 2.75) is 63.8 Å². The Hall–Kier alpha value is -3.07. The number of halogens is 1. The Morgan fingerprint density at radius 1 is 0.762 bits per heavy atom. The molecule has 2 saturated heterocycles. The molecule has 10 heteroatoms. The molecule has 0 aromatic heterocycles. The van der Waals surface area contributed by atoms with Gasteiger partial charge < -0.3 is 4.74 Å². The van der Waals surface area contributed by atoms with Gasteiger partial charge in [0.15, 0.2) is 12.4 Å². The third-order valence-electron chi connectivity index (χ3n) is 11.2. The molecule has 0 radical (unpaired) electrons. The SMILES string of the molecule is O=C(COC(=O)[C@@H](CCCCN1C(=O)[C@@H]2[C@@H]3CC[C@H](C3)[C@@H]2C1=O)N1C(=O)[C@@H]2[C@@H]3CC[C@H](C3)[C@@H]2C1=O)c1ccc(Cl)cc1. The second-order valence-electron chi connectivity index (χ2n) is 13.2. The van der Waals surface area contributed by atoms with Crippen LogP contribution in [0, 0.1) is 47.3 Å². The Morgan fingerprint density at radius 3 is 1.79 bits per heavy atom. The van der Waals surface area contributed by atoms with Gasteiger partial charge in [-0.05, 0) is 106 Å². The molecule has 7 rings (SSSR count). The molecule has 0 unspecified atom stereocenters. The largest absolute Gasteiger partial charge is 0.456 e. The Kier molecular flexibility index (Phi) is 6.99. The van der Waals surface area contributed by atoms with Crippen molar-refractivity contribution in [2.24, 2.45) is 47.3 Å². The Morgan fingerprint density at radius 2 is 1.26 bits per heavy atom. The van der Waals surface area contributed by atoms with Crippen molar-refractivity contribution in [1.29, 1.82) is 0 Å². The normalized spacial score (nSPS) is 34.9. The fraction of sp³-hybridized carbons (Fsp3) is 0.625. The number of carbonyl (C=O) groups excluding carboxylic acids is 6. The topological polar surface area (TPSA) is 118 Å². The van der Waals surface area contributed by atoms with Crippen LogP contribution >= 0.6 is 11.6 Å². The molecule has 6 aliphatic rings. The highest BCUT2D eigenvalue weighted by Crippen LogP contribution is 2.57. The van der Waals surface area contributed by atoms with Crippen molar-refractivity contribution in [3.8, 4) is 0 Å². The molecule has 42 heavy (non-hydrogen) atoms. The van der Waals surface area contributed by atoms with Crippen LogP contribution in [0.5, 0.6) is 0 Å². The second kappa shape index (κ2) is 10.6. The Labute approximate surface area is 249 Å². The number of Topliss-reactive ketones (excluding diaryl/α,β-unsaturated/α-hetero) is 1. The van der Waals surface area contributed by atoms with E-state index in [2.05, 4.69) is 0 Å². The maximum absolute atomic E-state index is 13.6. The average molecular weight is 595 g/mol. The molecule has 4 saturated carbocycles. The average Bonchev–Trinajstić information content (AvgIpc) is 3.83. The summed E-state index contributed by atoms with van der Waals surface area (Å²) in [6, 6.07) is 5.08. The zero-order valence-corrected chi connectivity index (χ0v) is 24.2. The maximum Gasteiger partial charge on any atom is 0.329 e. The van der Waals surface area contributed by atoms with Crippen LogP contribution in [0.2, 0.25) is 5.02 Å². The predicted octanol–water partition coefficient (Wildman–Crippen LogP) is 3.67. The standard InChI is InChI=1S/C32H35ClN2O7/c33-21-10-8-16(9-11-21)23(36)15-42-32(41)22(35-30(39)26-19-6-7-20(14-19)27(26)31(35)40)3-1-2-12-34-28(37)24-17-4-5-18(13-17)25(24)29(34)38/h8-11,17-20,22,24-27H,1-7,12-15H2/t17-,18-,19-,20-,22-,24-,25+,26-,27+/m1/s1. The smallest absolute Gasteiger partial charge is 0.329 e. The van der Waals surface area contributed by atoms with E-state index in [4.69, 9.17) is 16.3 Å². The van der Waals surface area contributed by atoms with Crippen LogP contribution in [0.15, 0.2) is 24.3 Å². The lowest BCUT2D eigenvalue weighted by atomic mass is 9.81. The van der Waals surface area contributed by atoms with Crippen LogP contribution in [0.1, 0.15) is 68.1 Å². The minimum Gasteiger partial charge on any atom is -0.456 e. The summed E-state index contributed by atoms with van der Waals surface area (Å²) in [5, 5.41) is 0.474. The number of carbonyl (C=O) groups is 6. The number of esters is 1. The monoisotopic (exact) mass is 594 g/mol. The van der Waals surface area contributed by atoms with Crippen molar-refractivity contribution in [1.82, 2.24) is 9.80 Å². The maximum atomic E-state index is 13.6. The number of ether oxygens (including phenoxy) is 1. The predicted molar refractivity (Wildman–Crippen MR) is 149 cm³/mol. The number of likely N-dealkylation sites (tertiary alicyclic amines) is 2. The quantitative estimate of drug-likeness (QED) is 0.175. The minimum absolute atomic E-state index is 0.0675. The summed E-state index contributed by atoms with van der Waals surface area (Å²) in [5.41, 5.74) is 0.335. The van der Waals surface area contributed by atoms with E-state index in [1.807, 2.05) is 0 Å².